The van der Waals surface area contributed by atoms with Gasteiger partial charge < -0.3 is 5.73 Å². The molecule has 0 aliphatic rings. The number of aryl methyl sites for hydroxylation is 2. The largest absolute Gasteiger partial charge is 0.416 e. The van der Waals surface area contributed by atoms with Crippen LogP contribution in [0.2, 0.25) is 0 Å². The first-order valence-electron chi connectivity index (χ1n) is 6.62. The fourth-order valence-electron chi connectivity index (χ4n) is 2.37. The second-order valence-electron chi connectivity index (χ2n) is 5.20. The van der Waals surface area contributed by atoms with Crippen molar-refractivity contribution in [1.82, 2.24) is 9.78 Å². The van der Waals surface area contributed by atoms with E-state index in [9.17, 15) is 13.2 Å². The molecule has 3 nitrogen and oxygen atoms in total. The fourth-order valence-corrected chi connectivity index (χ4v) is 2.37. The molecule has 1 unspecified atom stereocenters. The lowest BCUT2D eigenvalue weighted by molar-refractivity contribution is -0.137. The van der Waals surface area contributed by atoms with Gasteiger partial charge in [0.05, 0.1) is 11.3 Å². The number of alkyl halides is 3. The lowest BCUT2D eigenvalue weighted by Crippen LogP contribution is -2.15. The van der Waals surface area contributed by atoms with E-state index in [2.05, 4.69) is 5.10 Å². The number of nitrogens with two attached hydrogens (primary N) is 1. The zero-order valence-electron chi connectivity index (χ0n) is 12.2. The average Bonchev–Trinajstić information content (AvgIpc) is 2.64. The molecular weight excluding hydrogens is 279 g/mol. The first-order chi connectivity index (χ1) is 9.70. The summed E-state index contributed by atoms with van der Waals surface area (Å²) in [5, 5.41) is 4.32. The van der Waals surface area contributed by atoms with E-state index in [1.807, 2.05) is 20.9 Å². The Labute approximate surface area is 121 Å². The maximum absolute atomic E-state index is 12.5. The minimum atomic E-state index is -4.32. The number of halogens is 3. The molecule has 21 heavy (non-hydrogen) atoms. The van der Waals surface area contributed by atoms with Crippen molar-refractivity contribution in [2.75, 3.05) is 0 Å². The zero-order valence-corrected chi connectivity index (χ0v) is 12.2. The molecule has 1 aromatic heterocycles. The Morgan fingerprint density at radius 3 is 2.19 bits per heavy atom. The first kappa shape index (κ1) is 15.6. The molecular formula is C15H18F3N3. The summed E-state index contributed by atoms with van der Waals surface area (Å²) in [4.78, 5) is 0. The van der Waals surface area contributed by atoms with Crippen LogP contribution in [0.1, 0.15) is 34.1 Å². The van der Waals surface area contributed by atoms with Gasteiger partial charge in [0, 0.05) is 18.8 Å². The summed E-state index contributed by atoms with van der Waals surface area (Å²) in [7, 11) is 1.86. The van der Waals surface area contributed by atoms with E-state index in [1.54, 1.807) is 4.68 Å². The van der Waals surface area contributed by atoms with Crippen molar-refractivity contribution in [3.05, 3.63) is 52.3 Å². The van der Waals surface area contributed by atoms with E-state index < -0.39 is 11.7 Å². The quantitative estimate of drug-likeness (QED) is 0.944. The van der Waals surface area contributed by atoms with E-state index in [4.69, 9.17) is 5.73 Å². The van der Waals surface area contributed by atoms with Crippen LogP contribution in [-0.2, 0) is 19.6 Å². The molecule has 1 atom stereocenters. The summed E-state index contributed by atoms with van der Waals surface area (Å²) in [5.41, 5.74) is 9.11. The van der Waals surface area contributed by atoms with Crippen LogP contribution in [0.4, 0.5) is 13.2 Å². The van der Waals surface area contributed by atoms with Crippen molar-refractivity contribution in [2.24, 2.45) is 12.8 Å². The Morgan fingerprint density at radius 1 is 1.19 bits per heavy atom. The molecule has 1 aromatic carbocycles. The van der Waals surface area contributed by atoms with Gasteiger partial charge in [-0.05, 0) is 43.5 Å². The maximum atomic E-state index is 12.5. The van der Waals surface area contributed by atoms with E-state index in [0.29, 0.717) is 12.0 Å². The topological polar surface area (TPSA) is 43.8 Å². The highest BCUT2D eigenvalue weighted by Gasteiger charge is 2.30. The van der Waals surface area contributed by atoms with Crippen LogP contribution < -0.4 is 5.73 Å². The Morgan fingerprint density at radius 2 is 1.76 bits per heavy atom. The Balaban J connectivity index is 2.19. The highest BCUT2D eigenvalue weighted by Crippen LogP contribution is 2.30. The highest BCUT2D eigenvalue weighted by atomic mass is 19.4. The van der Waals surface area contributed by atoms with Crippen molar-refractivity contribution in [2.45, 2.75) is 32.5 Å². The van der Waals surface area contributed by atoms with Gasteiger partial charge >= 0.3 is 6.18 Å². The monoisotopic (exact) mass is 297 g/mol. The normalized spacial score (nSPS) is 13.5. The van der Waals surface area contributed by atoms with Gasteiger partial charge in [-0.25, -0.2) is 0 Å². The molecule has 2 rings (SSSR count). The van der Waals surface area contributed by atoms with Gasteiger partial charge in [0.25, 0.3) is 0 Å². The molecule has 1 heterocycles. The van der Waals surface area contributed by atoms with Crippen LogP contribution in [0.15, 0.2) is 24.3 Å². The maximum Gasteiger partial charge on any atom is 0.416 e. The van der Waals surface area contributed by atoms with Crippen molar-refractivity contribution in [3.63, 3.8) is 0 Å². The first-order valence-corrected chi connectivity index (χ1v) is 6.62. The van der Waals surface area contributed by atoms with Gasteiger partial charge in [0.2, 0.25) is 0 Å². The van der Waals surface area contributed by atoms with E-state index >= 15 is 0 Å². The van der Waals surface area contributed by atoms with Gasteiger partial charge in [0.1, 0.15) is 0 Å². The lowest BCUT2D eigenvalue weighted by atomic mass is 9.97. The van der Waals surface area contributed by atoms with Crippen LogP contribution >= 0.6 is 0 Å². The van der Waals surface area contributed by atoms with E-state index in [0.717, 1.165) is 29.1 Å². The molecule has 0 saturated carbocycles. The third kappa shape index (κ3) is 3.26. The third-order valence-electron chi connectivity index (χ3n) is 3.75. The number of hydrogen-bond acceptors (Lipinski definition) is 2. The van der Waals surface area contributed by atoms with Crippen LogP contribution in [-0.4, -0.2) is 9.78 Å². The Hall–Kier alpha value is -1.82. The summed E-state index contributed by atoms with van der Waals surface area (Å²) in [6.07, 6.45) is -3.77. The number of aromatic nitrogens is 2. The number of hydrogen-bond donors (Lipinski definition) is 1. The molecule has 0 radical (unpaired) electrons. The second kappa shape index (κ2) is 5.52. The molecule has 0 spiro atoms. The van der Waals surface area contributed by atoms with Crippen LogP contribution in [0.25, 0.3) is 0 Å². The Bertz CT molecular complexity index is 627. The van der Waals surface area contributed by atoms with E-state index in [1.165, 1.54) is 12.1 Å². The Kier molecular flexibility index (Phi) is 4.09. The molecule has 0 saturated heterocycles. The summed E-state index contributed by atoms with van der Waals surface area (Å²) >= 11 is 0. The van der Waals surface area contributed by atoms with Gasteiger partial charge in [-0.3, -0.25) is 4.68 Å². The minimum Gasteiger partial charge on any atom is -0.324 e. The van der Waals surface area contributed by atoms with Crippen LogP contribution in [0.5, 0.6) is 0 Å². The van der Waals surface area contributed by atoms with Gasteiger partial charge in [-0.15, -0.1) is 0 Å². The zero-order chi connectivity index (χ0) is 15.8. The molecule has 2 N–H and O–H groups in total. The molecule has 0 aliphatic heterocycles. The van der Waals surface area contributed by atoms with Crippen molar-refractivity contribution >= 4 is 0 Å². The van der Waals surface area contributed by atoms with Crippen molar-refractivity contribution < 1.29 is 13.2 Å². The van der Waals surface area contributed by atoms with Crippen molar-refractivity contribution in [1.29, 1.82) is 0 Å². The minimum absolute atomic E-state index is 0.353. The summed E-state index contributed by atoms with van der Waals surface area (Å²) in [5.74, 6) is 0. The van der Waals surface area contributed by atoms with Crippen LogP contribution in [0, 0.1) is 13.8 Å². The van der Waals surface area contributed by atoms with Crippen molar-refractivity contribution in [3.8, 4) is 0 Å². The van der Waals surface area contributed by atoms with Gasteiger partial charge in [-0.1, -0.05) is 12.1 Å². The molecule has 6 heteroatoms. The number of benzene rings is 1. The molecule has 0 aliphatic carbocycles. The average molecular weight is 297 g/mol. The van der Waals surface area contributed by atoms with Crippen LogP contribution in [0.3, 0.4) is 0 Å². The van der Waals surface area contributed by atoms with Gasteiger partial charge in [0.15, 0.2) is 0 Å². The van der Waals surface area contributed by atoms with Gasteiger partial charge in [-0.2, -0.15) is 18.3 Å². The lowest BCUT2D eigenvalue weighted by Gasteiger charge is -2.14. The number of nitrogens with zero attached hydrogens (tertiary/aromatic N) is 2. The molecule has 2 aromatic rings. The fraction of sp³-hybridized carbons (Fsp3) is 0.400. The standard InChI is InChI=1S/C15H18F3N3/c1-9-13(10(2)21(3)20-9)8-14(19)11-4-6-12(7-5-11)15(16,17)18/h4-7,14H,8,19H2,1-3H3. The summed E-state index contributed by atoms with van der Waals surface area (Å²) in [6.45, 7) is 3.86. The van der Waals surface area contributed by atoms with E-state index in [-0.39, 0.29) is 6.04 Å². The second-order valence-corrected chi connectivity index (χ2v) is 5.20. The summed E-state index contributed by atoms with van der Waals surface area (Å²) in [6, 6.07) is 4.66. The number of rotatable bonds is 3. The predicted molar refractivity (Wildman–Crippen MR) is 74.8 cm³/mol. The third-order valence-corrected chi connectivity index (χ3v) is 3.75. The molecule has 114 valence electrons. The summed E-state index contributed by atoms with van der Waals surface area (Å²) < 4.78 is 39.4. The predicted octanol–water partition coefficient (Wildman–Crippen LogP) is 3.30. The molecule has 0 amide bonds. The SMILES string of the molecule is Cc1nn(C)c(C)c1CC(N)c1ccc(C(F)(F)F)cc1. The highest BCUT2D eigenvalue weighted by molar-refractivity contribution is 5.31. The molecule has 0 fully saturated rings. The smallest absolute Gasteiger partial charge is 0.324 e. The molecule has 0 bridgehead atoms.